The minimum Gasteiger partial charge on any atom is -0.457 e. The Morgan fingerprint density at radius 2 is 1.71 bits per heavy atom. The number of alkyl halides is 3. The van der Waals surface area contributed by atoms with Gasteiger partial charge in [-0.3, -0.25) is 0 Å². The zero-order valence-corrected chi connectivity index (χ0v) is 15.0. The van der Waals surface area contributed by atoms with Gasteiger partial charge in [-0.15, -0.1) is 0 Å². The third-order valence-electron chi connectivity index (χ3n) is 4.00. The average molecular weight is 414 g/mol. The summed E-state index contributed by atoms with van der Waals surface area (Å²) in [5, 5.41) is 24.6. The highest BCUT2D eigenvalue weighted by molar-refractivity contribution is 6.30. The predicted octanol–water partition coefficient (Wildman–Crippen LogP) is 3.62. The number of hydrogen-bond acceptors (Lipinski definition) is 5. The summed E-state index contributed by atoms with van der Waals surface area (Å²) in [6, 6.07) is 9.22. The molecule has 1 atom stereocenters. The summed E-state index contributed by atoms with van der Waals surface area (Å²) in [7, 11) is 0. The summed E-state index contributed by atoms with van der Waals surface area (Å²) in [5.41, 5.74) is -3.85. The van der Waals surface area contributed by atoms with Gasteiger partial charge in [0, 0.05) is 10.6 Å². The van der Waals surface area contributed by atoms with Gasteiger partial charge in [0.2, 0.25) is 0 Å². The second-order valence-corrected chi connectivity index (χ2v) is 6.48. The number of benzene rings is 2. The molecule has 3 rings (SSSR count). The smallest absolute Gasteiger partial charge is 0.416 e. The first-order valence-electron chi connectivity index (χ1n) is 8.02. The number of nitrogens with zero attached hydrogens (tertiary/aromatic N) is 3. The van der Waals surface area contributed by atoms with Crippen LogP contribution in [0.3, 0.4) is 0 Å². The van der Waals surface area contributed by atoms with Gasteiger partial charge in [-0.2, -0.15) is 18.3 Å². The topological polar surface area (TPSA) is 80.4 Å². The fraction of sp³-hybridized carbons (Fsp3) is 0.222. The van der Waals surface area contributed by atoms with E-state index in [0.717, 1.165) is 16.8 Å². The van der Waals surface area contributed by atoms with Crippen molar-refractivity contribution in [2.45, 2.75) is 18.3 Å². The Hall–Kier alpha value is -2.62. The van der Waals surface area contributed by atoms with Gasteiger partial charge in [0.1, 0.15) is 29.8 Å². The predicted molar refractivity (Wildman–Crippen MR) is 94.0 cm³/mol. The highest BCUT2D eigenvalue weighted by Crippen LogP contribution is 2.40. The lowest BCUT2D eigenvalue weighted by Gasteiger charge is -2.29. The normalized spacial score (nSPS) is 13.9. The molecule has 0 saturated carbocycles. The Kier molecular flexibility index (Phi) is 5.59. The van der Waals surface area contributed by atoms with Crippen LogP contribution in [0.5, 0.6) is 11.5 Å². The molecule has 10 heteroatoms. The Morgan fingerprint density at radius 1 is 1.04 bits per heavy atom. The molecule has 0 bridgehead atoms. The van der Waals surface area contributed by atoms with E-state index in [1.807, 2.05) is 0 Å². The van der Waals surface area contributed by atoms with E-state index in [1.165, 1.54) is 30.9 Å². The quantitative estimate of drug-likeness (QED) is 0.645. The monoisotopic (exact) mass is 413 g/mol. The molecule has 0 aliphatic heterocycles. The second-order valence-electron chi connectivity index (χ2n) is 6.04. The molecule has 6 nitrogen and oxygen atoms in total. The average Bonchev–Trinajstić information content (AvgIpc) is 3.15. The van der Waals surface area contributed by atoms with Gasteiger partial charge in [0.25, 0.3) is 0 Å². The van der Waals surface area contributed by atoms with Crippen LogP contribution in [0.25, 0.3) is 0 Å². The van der Waals surface area contributed by atoms with E-state index >= 15 is 0 Å². The summed E-state index contributed by atoms with van der Waals surface area (Å²) >= 11 is 5.78. The van der Waals surface area contributed by atoms with Gasteiger partial charge in [0.05, 0.1) is 18.7 Å². The van der Waals surface area contributed by atoms with Crippen molar-refractivity contribution in [1.82, 2.24) is 14.8 Å². The van der Waals surface area contributed by atoms with Crippen LogP contribution < -0.4 is 4.74 Å². The first-order valence-corrected chi connectivity index (χ1v) is 8.40. The fourth-order valence-corrected chi connectivity index (χ4v) is 2.79. The third-order valence-corrected chi connectivity index (χ3v) is 4.25. The van der Waals surface area contributed by atoms with E-state index in [9.17, 15) is 23.4 Å². The van der Waals surface area contributed by atoms with E-state index in [-0.39, 0.29) is 5.75 Å². The van der Waals surface area contributed by atoms with Crippen molar-refractivity contribution in [3.63, 3.8) is 0 Å². The Morgan fingerprint density at radius 3 is 2.29 bits per heavy atom. The van der Waals surface area contributed by atoms with Gasteiger partial charge in [-0.25, -0.2) is 9.67 Å². The molecule has 0 spiro atoms. The van der Waals surface area contributed by atoms with Gasteiger partial charge in [0.15, 0.2) is 0 Å². The number of aliphatic hydroxyl groups is 2. The molecule has 0 aliphatic carbocycles. The molecule has 0 amide bonds. The Balaban J connectivity index is 1.99. The number of aliphatic hydroxyl groups excluding tert-OH is 1. The maximum Gasteiger partial charge on any atom is 0.416 e. The SMILES string of the molecule is OCC(O)(Cn1cncn1)c1ccc(Oc2ccc(Cl)cc2)cc1C(F)(F)F. The molecule has 148 valence electrons. The van der Waals surface area contributed by atoms with Crippen molar-refractivity contribution >= 4 is 11.6 Å². The summed E-state index contributed by atoms with van der Waals surface area (Å²) < 4.78 is 47.6. The van der Waals surface area contributed by atoms with Crippen LogP contribution >= 0.6 is 11.6 Å². The molecule has 1 unspecified atom stereocenters. The number of halogens is 4. The first-order chi connectivity index (χ1) is 13.2. The summed E-state index contributed by atoms with van der Waals surface area (Å²) in [5.74, 6) is 0.213. The van der Waals surface area contributed by atoms with Crippen LogP contribution in [-0.2, 0) is 18.3 Å². The van der Waals surface area contributed by atoms with Crippen LogP contribution in [0.2, 0.25) is 5.02 Å². The molecule has 1 aromatic heterocycles. The molecule has 3 aromatic rings. The maximum atomic E-state index is 13.7. The molecule has 0 saturated heterocycles. The molecule has 2 aromatic carbocycles. The zero-order chi connectivity index (χ0) is 20.4. The van der Waals surface area contributed by atoms with Gasteiger partial charge < -0.3 is 14.9 Å². The molecule has 0 fully saturated rings. The number of hydrogen-bond donors (Lipinski definition) is 2. The molecule has 2 N–H and O–H groups in total. The van der Waals surface area contributed by atoms with E-state index in [0.29, 0.717) is 10.8 Å². The summed E-state index contributed by atoms with van der Waals surface area (Å²) in [6.45, 7) is -1.36. The van der Waals surface area contributed by atoms with Gasteiger partial charge in [-0.05, 0) is 36.4 Å². The lowest BCUT2D eigenvalue weighted by molar-refractivity contribution is -0.142. The van der Waals surface area contributed by atoms with Gasteiger partial charge >= 0.3 is 6.18 Å². The first kappa shape index (κ1) is 20.1. The molecular formula is C18H15ClF3N3O3. The lowest BCUT2D eigenvalue weighted by atomic mass is 9.89. The molecule has 28 heavy (non-hydrogen) atoms. The largest absolute Gasteiger partial charge is 0.457 e. The van der Waals surface area contributed by atoms with Crippen LogP contribution in [0, 0.1) is 0 Å². The van der Waals surface area contributed by atoms with Crippen LogP contribution in [0.4, 0.5) is 13.2 Å². The van der Waals surface area contributed by atoms with Crippen molar-refractivity contribution in [3.05, 3.63) is 71.3 Å². The fourth-order valence-electron chi connectivity index (χ4n) is 2.67. The highest BCUT2D eigenvalue weighted by Gasteiger charge is 2.41. The van der Waals surface area contributed by atoms with Crippen molar-refractivity contribution in [2.24, 2.45) is 0 Å². The van der Waals surface area contributed by atoms with E-state index in [1.54, 1.807) is 12.1 Å². The van der Waals surface area contributed by atoms with Crippen molar-refractivity contribution < 1.29 is 28.1 Å². The molecule has 0 radical (unpaired) electrons. The molecule has 1 heterocycles. The molecular weight excluding hydrogens is 399 g/mol. The van der Waals surface area contributed by atoms with Crippen LogP contribution in [-0.4, -0.2) is 31.6 Å². The summed E-state index contributed by atoms with van der Waals surface area (Å²) in [4.78, 5) is 3.68. The number of rotatable bonds is 6. The minimum absolute atomic E-state index is 0.0838. The Labute approximate surface area is 162 Å². The second kappa shape index (κ2) is 7.78. The standard InChI is InChI=1S/C18H15ClF3N3O3/c19-12-1-3-13(4-2-12)28-14-5-6-15(16(7-14)18(20,21)22)17(27,9-26)8-25-11-23-10-24-25/h1-7,10-11,26-27H,8-9H2. The highest BCUT2D eigenvalue weighted by atomic mass is 35.5. The lowest BCUT2D eigenvalue weighted by Crippen LogP contribution is -2.37. The van der Waals surface area contributed by atoms with E-state index in [4.69, 9.17) is 16.3 Å². The third kappa shape index (κ3) is 4.44. The van der Waals surface area contributed by atoms with Crippen LogP contribution in [0.15, 0.2) is 55.1 Å². The van der Waals surface area contributed by atoms with Crippen molar-refractivity contribution in [2.75, 3.05) is 6.61 Å². The van der Waals surface area contributed by atoms with Crippen molar-refractivity contribution in [3.8, 4) is 11.5 Å². The van der Waals surface area contributed by atoms with Crippen LogP contribution in [0.1, 0.15) is 11.1 Å². The van der Waals surface area contributed by atoms with E-state index < -0.39 is 36.1 Å². The van der Waals surface area contributed by atoms with E-state index in [2.05, 4.69) is 10.1 Å². The minimum atomic E-state index is -4.79. The zero-order valence-electron chi connectivity index (χ0n) is 14.3. The Bertz CT molecular complexity index is 933. The van der Waals surface area contributed by atoms with Crippen molar-refractivity contribution in [1.29, 1.82) is 0 Å². The maximum absolute atomic E-state index is 13.7. The number of aromatic nitrogens is 3. The summed E-state index contributed by atoms with van der Waals surface area (Å²) in [6.07, 6.45) is -2.39. The van der Waals surface area contributed by atoms with Gasteiger partial charge in [-0.1, -0.05) is 17.7 Å². The number of ether oxygens (including phenoxy) is 1. The molecule has 0 aliphatic rings.